The lowest BCUT2D eigenvalue weighted by Crippen LogP contribution is -2.23. The van der Waals surface area contributed by atoms with E-state index < -0.39 is 11.7 Å². The van der Waals surface area contributed by atoms with E-state index in [0.29, 0.717) is 44.0 Å². The van der Waals surface area contributed by atoms with Gasteiger partial charge in [0.1, 0.15) is 11.6 Å². The molecular formula is C29H27BrFIN4O4. The zero-order valence-corrected chi connectivity index (χ0v) is 25.8. The summed E-state index contributed by atoms with van der Waals surface area (Å²) >= 11 is 5.51. The number of hydrogen-bond acceptors (Lipinski definition) is 6. The number of carbonyl (C=O) groups is 1. The molecule has 8 nitrogen and oxygen atoms in total. The maximum atomic E-state index is 13.9. The summed E-state index contributed by atoms with van der Waals surface area (Å²) in [6.45, 7) is 5.88. The molecule has 0 unspecified atom stereocenters. The minimum Gasteiger partial charge on any atom is -0.490 e. The molecule has 1 amide bonds. The van der Waals surface area contributed by atoms with Crippen LogP contribution in [0, 0.1) is 9.39 Å². The SMILES string of the molecule is CCOc1cc(C=Nn2c([C@H](C)CC)nc3ccc(Br)cc3c2=O)cc(I)c1OCC(=O)Nc1ccccc1F. The molecule has 0 bridgehead atoms. The minimum atomic E-state index is -0.533. The molecule has 40 heavy (non-hydrogen) atoms. The maximum Gasteiger partial charge on any atom is 0.282 e. The molecule has 4 aromatic rings. The van der Waals surface area contributed by atoms with Crippen LogP contribution in [0.15, 0.2) is 69.0 Å². The number of ether oxygens (including phenoxy) is 2. The first-order valence-electron chi connectivity index (χ1n) is 12.6. The number of benzene rings is 3. The fourth-order valence-corrected chi connectivity index (χ4v) is 5.00. The van der Waals surface area contributed by atoms with Gasteiger partial charge in [0, 0.05) is 10.4 Å². The summed E-state index contributed by atoms with van der Waals surface area (Å²) in [5, 5.41) is 7.48. The number of para-hydroxylation sites is 1. The minimum absolute atomic E-state index is 0.00306. The Hall–Kier alpha value is -3.32. The van der Waals surface area contributed by atoms with Crippen LogP contribution in [0.1, 0.15) is 44.5 Å². The summed E-state index contributed by atoms with van der Waals surface area (Å²) in [7, 11) is 0. The van der Waals surface area contributed by atoms with E-state index in [1.54, 1.807) is 36.5 Å². The first kappa shape index (κ1) is 29.7. The lowest BCUT2D eigenvalue weighted by molar-refractivity contribution is -0.118. The number of halogens is 3. The number of amides is 1. The molecule has 0 saturated heterocycles. The summed E-state index contributed by atoms with van der Waals surface area (Å²) in [5.74, 6) is 0.306. The third kappa shape index (κ3) is 6.87. The van der Waals surface area contributed by atoms with Crippen molar-refractivity contribution >= 4 is 67.2 Å². The summed E-state index contributed by atoms with van der Waals surface area (Å²) in [4.78, 5) is 30.5. The number of nitrogens with zero attached hydrogens (tertiary/aromatic N) is 3. The normalized spacial score (nSPS) is 12.1. The predicted molar refractivity (Wildman–Crippen MR) is 166 cm³/mol. The summed E-state index contributed by atoms with van der Waals surface area (Å²) in [6, 6.07) is 14.8. The second-order valence-electron chi connectivity index (χ2n) is 8.88. The molecule has 1 N–H and O–H groups in total. The van der Waals surface area contributed by atoms with E-state index in [-0.39, 0.29) is 23.8 Å². The quantitative estimate of drug-likeness (QED) is 0.145. The molecule has 0 fully saturated rings. The van der Waals surface area contributed by atoms with Gasteiger partial charge in [0.15, 0.2) is 18.1 Å². The molecule has 1 aromatic heterocycles. The van der Waals surface area contributed by atoms with Gasteiger partial charge in [-0.25, -0.2) is 9.37 Å². The molecule has 0 radical (unpaired) electrons. The van der Waals surface area contributed by atoms with Gasteiger partial charge in [-0.15, -0.1) is 0 Å². The Morgan fingerprint density at radius 2 is 1.98 bits per heavy atom. The number of hydrogen-bond donors (Lipinski definition) is 1. The van der Waals surface area contributed by atoms with Gasteiger partial charge >= 0.3 is 0 Å². The third-order valence-corrected chi connectivity index (χ3v) is 7.33. The van der Waals surface area contributed by atoms with Gasteiger partial charge < -0.3 is 14.8 Å². The molecule has 0 aliphatic heterocycles. The Morgan fingerprint density at radius 1 is 1.20 bits per heavy atom. The standard InChI is InChI=1S/C29H27BrFIN4O4/c1-4-17(3)28-35-23-11-10-19(30)14-20(23)29(38)36(28)33-15-18-12-22(32)27(25(13-18)39-5-2)40-16-26(37)34-24-9-7-6-8-21(24)31/h6-15,17H,4-5,16H2,1-3H3,(H,34,37)/t17-/m1/s1. The predicted octanol–water partition coefficient (Wildman–Crippen LogP) is 6.71. The van der Waals surface area contributed by atoms with Gasteiger partial charge in [0.2, 0.25) is 0 Å². The number of anilines is 1. The molecule has 3 aromatic carbocycles. The highest BCUT2D eigenvalue weighted by molar-refractivity contribution is 14.1. The average Bonchev–Trinajstić information content (AvgIpc) is 2.93. The molecule has 11 heteroatoms. The highest BCUT2D eigenvalue weighted by Gasteiger charge is 2.17. The van der Waals surface area contributed by atoms with Gasteiger partial charge in [-0.05, 0) is 84.0 Å². The van der Waals surface area contributed by atoms with Gasteiger partial charge in [0.25, 0.3) is 11.5 Å². The Labute approximate surface area is 252 Å². The number of fused-ring (bicyclic) bond motifs is 1. The van der Waals surface area contributed by atoms with Gasteiger partial charge in [-0.3, -0.25) is 9.59 Å². The van der Waals surface area contributed by atoms with Crippen LogP contribution in [0.4, 0.5) is 10.1 Å². The third-order valence-electron chi connectivity index (χ3n) is 6.04. The molecule has 0 spiro atoms. The zero-order chi connectivity index (χ0) is 28.8. The van der Waals surface area contributed by atoms with Crippen molar-refractivity contribution in [2.75, 3.05) is 18.5 Å². The van der Waals surface area contributed by atoms with Crippen molar-refractivity contribution in [1.82, 2.24) is 9.66 Å². The number of carbonyl (C=O) groups excluding carboxylic acids is 1. The van der Waals surface area contributed by atoms with Crippen molar-refractivity contribution in [2.24, 2.45) is 5.10 Å². The van der Waals surface area contributed by atoms with Gasteiger partial charge in [0.05, 0.1) is 33.0 Å². The van der Waals surface area contributed by atoms with E-state index in [1.165, 1.54) is 16.8 Å². The second kappa shape index (κ2) is 13.4. The van der Waals surface area contributed by atoms with Crippen LogP contribution in [0.5, 0.6) is 11.5 Å². The van der Waals surface area contributed by atoms with Crippen LogP contribution < -0.4 is 20.3 Å². The Bertz CT molecular complexity index is 1640. The number of aromatic nitrogens is 2. The topological polar surface area (TPSA) is 94.8 Å². The highest BCUT2D eigenvalue weighted by Crippen LogP contribution is 2.34. The van der Waals surface area contributed by atoms with E-state index in [9.17, 15) is 14.0 Å². The number of nitrogens with one attached hydrogen (secondary N) is 1. The van der Waals surface area contributed by atoms with Crippen LogP contribution in [-0.4, -0.2) is 35.0 Å². The fraction of sp³-hybridized carbons (Fsp3) is 0.241. The van der Waals surface area contributed by atoms with Crippen molar-refractivity contribution in [3.63, 3.8) is 0 Å². The zero-order valence-electron chi connectivity index (χ0n) is 22.1. The molecule has 1 heterocycles. The molecule has 208 valence electrons. The molecule has 1 atom stereocenters. The van der Waals surface area contributed by atoms with E-state index in [4.69, 9.17) is 14.5 Å². The van der Waals surface area contributed by atoms with Crippen molar-refractivity contribution in [1.29, 1.82) is 0 Å². The lowest BCUT2D eigenvalue weighted by Gasteiger charge is -2.15. The van der Waals surface area contributed by atoms with Crippen LogP contribution in [0.25, 0.3) is 10.9 Å². The van der Waals surface area contributed by atoms with Crippen LogP contribution >= 0.6 is 38.5 Å². The van der Waals surface area contributed by atoms with E-state index >= 15 is 0 Å². The van der Waals surface area contributed by atoms with Gasteiger partial charge in [-0.2, -0.15) is 9.78 Å². The first-order valence-corrected chi connectivity index (χ1v) is 14.5. The highest BCUT2D eigenvalue weighted by atomic mass is 127. The van der Waals surface area contributed by atoms with Crippen LogP contribution in [-0.2, 0) is 4.79 Å². The summed E-state index contributed by atoms with van der Waals surface area (Å²) < 4.78 is 28.2. The van der Waals surface area contributed by atoms with Crippen molar-refractivity contribution in [3.05, 3.63) is 90.2 Å². The van der Waals surface area contributed by atoms with Crippen LogP contribution in [0.2, 0.25) is 0 Å². The number of rotatable bonds is 10. The maximum absolute atomic E-state index is 13.9. The largest absolute Gasteiger partial charge is 0.490 e. The van der Waals surface area contributed by atoms with Crippen LogP contribution in [0.3, 0.4) is 0 Å². The van der Waals surface area contributed by atoms with E-state index in [2.05, 4.69) is 48.9 Å². The molecule has 0 aliphatic rings. The van der Waals surface area contributed by atoms with Gasteiger partial charge in [-0.1, -0.05) is 41.9 Å². The lowest BCUT2D eigenvalue weighted by atomic mass is 10.1. The molecule has 0 aliphatic carbocycles. The van der Waals surface area contributed by atoms with Crippen molar-refractivity contribution in [3.8, 4) is 11.5 Å². The second-order valence-corrected chi connectivity index (χ2v) is 11.0. The van der Waals surface area contributed by atoms with E-state index in [0.717, 1.165) is 10.9 Å². The molecule has 0 saturated carbocycles. The Balaban J connectivity index is 1.63. The fourth-order valence-electron chi connectivity index (χ4n) is 3.86. The summed E-state index contributed by atoms with van der Waals surface area (Å²) in [5.41, 5.74) is 1.08. The molecular weight excluding hydrogens is 694 g/mol. The average molecular weight is 721 g/mol. The summed E-state index contributed by atoms with van der Waals surface area (Å²) in [6.07, 6.45) is 2.35. The van der Waals surface area contributed by atoms with Crippen molar-refractivity contribution < 1.29 is 18.7 Å². The van der Waals surface area contributed by atoms with Crippen molar-refractivity contribution in [2.45, 2.75) is 33.1 Å². The Morgan fingerprint density at radius 3 is 2.70 bits per heavy atom. The Kier molecular flexibility index (Phi) is 9.90. The van der Waals surface area contributed by atoms with E-state index in [1.807, 2.05) is 32.9 Å². The first-order chi connectivity index (χ1) is 19.2. The monoisotopic (exact) mass is 720 g/mol. The molecule has 4 rings (SSSR count). The smallest absolute Gasteiger partial charge is 0.282 e.